The van der Waals surface area contributed by atoms with E-state index in [1.165, 1.54) is 18.2 Å². The van der Waals surface area contributed by atoms with Crippen LogP contribution in [-0.2, 0) is 0 Å². The molecule has 0 unspecified atom stereocenters. The van der Waals surface area contributed by atoms with E-state index in [9.17, 15) is 0 Å². The smallest absolute Gasteiger partial charge is 0.159 e. The Bertz CT molecular complexity index is 275. The number of nitriles is 2. The van der Waals surface area contributed by atoms with Gasteiger partial charge in [0.25, 0.3) is 0 Å². The van der Waals surface area contributed by atoms with Crippen molar-refractivity contribution in [1.82, 2.24) is 5.32 Å². The molecule has 0 bridgehead atoms. The van der Waals surface area contributed by atoms with Gasteiger partial charge in [0.1, 0.15) is 12.1 Å². The van der Waals surface area contributed by atoms with Crippen LogP contribution in [0.2, 0.25) is 0 Å². The Labute approximate surface area is 82.4 Å². The summed E-state index contributed by atoms with van der Waals surface area (Å²) in [5.41, 5.74) is 0.194. The van der Waals surface area contributed by atoms with Crippen LogP contribution in [0.25, 0.3) is 0 Å². The number of thioether (sulfide) groups is 1. The van der Waals surface area contributed by atoms with Gasteiger partial charge in [-0.2, -0.15) is 10.5 Å². The first kappa shape index (κ1) is 9.95. The molecule has 0 radical (unpaired) electrons. The van der Waals surface area contributed by atoms with Crippen LogP contribution in [0.5, 0.6) is 0 Å². The van der Waals surface area contributed by atoms with Crippen molar-refractivity contribution in [2.75, 3.05) is 6.26 Å². The fourth-order valence-electron chi connectivity index (χ4n) is 1.10. The van der Waals surface area contributed by atoms with Crippen molar-refractivity contribution in [2.24, 2.45) is 0 Å². The molecule has 0 aromatic heterocycles. The molecule has 0 amide bonds. The molecule has 1 saturated carbocycles. The van der Waals surface area contributed by atoms with Crippen LogP contribution in [0.15, 0.2) is 10.6 Å². The lowest BCUT2D eigenvalue weighted by Gasteiger charge is -2.28. The van der Waals surface area contributed by atoms with Crippen LogP contribution in [0, 0.1) is 22.7 Å². The SMILES string of the molecule is CSC(NC1CCC1)=C(C#N)C#N. The predicted molar refractivity (Wildman–Crippen MR) is 52.5 cm³/mol. The Morgan fingerprint density at radius 1 is 1.38 bits per heavy atom. The average molecular weight is 193 g/mol. The number of hydrogen-bond acceptors (Lipinski definition) is 4. The number of hydrogen-bond donors (Lipinski definition) is 1. The molecule has 3 nitrogen and oxygen atoms in total. The van der Waals surface area contributed by atoms with Crippen molar-refractivity contribution < 1.29 is 0 Å². The maximum absolute atomic E-state index is 8.65. The van der Waals surface area contributed by atoms with E-state index in [0.717, 1.165) is 17.9 Å². The van der Waals surface area contributed by atoms with Gasteiger partial charge in [-0.05, 0) is 25.5 Å². The van der Waals surface area contributed by atoms with Crippen LogP contribution in [0.3, 0.4) is 0 Å². The summed E-state index contributed by atoms with van der Waals surface area (Å²) >= 11 is 1.43. The maximum Gasteiger partial charge on any atom is 0.159 e. The first-order valence-corrected chi connectivity index (χ1v) is 5.39. The van der Waals surface area contributed by atoms with Gasteiger partial charge in [-0.25, -0.2) is 0 Å². The highest BCUT2D eigenvalue weighted by atomic mass is 32.2. The molecule has 0 atom stereocenters. The van der Waals surface area contributed by atoms with Gasteiger partial charge in [0, 0.05) is 6.04 Å². The van der Waals surface area contributed by atoms with Gasteiger partial charge in [-0.3, -0.25) is 0 Å². The highest BCUT2D eigenvalue weighted by molar-refractivity contribution is 8.02. The van der Waals surface area contributed by atoms with Gasteiger partial charge < -0.3 is 5.32 Å². The van der Waals surface area contributed by atoms with Gasteiger partial charge in [-0.15, -0.1) is 11.8 Å². The first-order chi connectivity index (χ1) is 6.31. The standard InChI is InChI=1S/C9H11N3S/c1-13-9(7(5-10)6-11)12-8-3-2-4-8/h8,12H,2-4H2,1H3. The molecule has 1 fully saturated rings. The minimum absolute atomic E-state index is 0.194. The second-order valence-corrected chi connectivity index (χ2v) is 3.72. The van der Waals surface area contributed by atoms with E-state index in [2.05, 4.69) is 5.32 Å². The lowest BCUT2D eigenvalue weighted by atomic mass is 9.93. The molecule has 0 aromatic carbocycles. The monoisotopic (exact) mass is 193 g/mol. The van der Waals surface area contributed by atoms with Gasteiger partial charge in [0.05, 0.1) is 5.03 Å². The molecule has 1 aliphatic rings. The second-order valence-electron chi connectivity index (χ2n) is 2.90. The third kappa shape index (κ3) is 2.40. The normalized spacial score (nSPS) is 15.0. The number of nitrogens with one attached hydrogen (secondary N) is 1. The first-order valence-electron chi connectivity index (χ1n) is 4.16. The topological polar surface area (TPSA) is 59.6 Å². The molecule has 0 spiro atoms. The van der Waals surface area contributed by atoms with Gasteiger partial charge in [0.2, 0.25) is 0 Å². The quantitative estimate of drug-likeness (QED) is 0.694. The van der Waals surface area contributed by atoms with E-state index >= 15 is 0 Å². The lowest BCUT2D eigenvalue weighted by Crippen LogP contribution is -2.34. The van der Waals surface area contributed by atoms with E-state index in [-0.39, 0.29) is 5.57 Å². The number of rotatable bonds is 3. The van der Waals surface area contributed by atoms with Gasteiger partial charge in [0.15, 0.2) is 5.57 Å². The molecule has 0 heterocycles. The predicted octanol–water partition coefficient (Wildman–Crippen LogP) is 1.75. The largest absolute Gasteiger partial charge is 0.375 e. The van der Waals surface area contributed by atoms with Crippen LogP contribution in [-0.4, -0.2) is 12.3 Å². The summed E-state index contributed by atoms with van der Waals surface area (Å²) < 4.78 is 0. The molecule has 1 rings (SSSR count). The van der Waals surface area contributed by atoms with Crippen molar-refractivity contribution in [3.63, 3.8) is 0 Å². The maximum atomic E-state index is 8.65. The molecular formula is C9H11N3S. The lowest BCUT2D eigenvalue weighted by molar-refractivity contribution is 0.370. The summed E-state index contributed by atoms with van der Waals surface area (Å²) in [6.07, 6.45) is 5.41. The van der Waals surface area contributed by atoms with E-state index in [0.29, 0.717) is 6.04 Å². The van der Waals surface area contributed by atoms with Crippen LogP contribution >= 0.6 is 11.8 Å². The summed E-state index contributed by atoms with van der Waals surface area (Å²) in [6, 6.07) is 4.25. The highest BCUT2D eigenvalue weighted by Gasteiger charge is 2.19. The third-order valence-electron chi connectivity index (χ3n) is 2.10. The number of nitrogens with zero attached hydrogens (tertiary/aromatic N) is 2. The summed E-state index contributed by atoms with van der Waals surface area (Å²) in [4.78, 5) is 0. The molecule has 0 aromatic rings. The molecule has 0 saturated heterocycles. The third-order valence-corrected chi connectivity index (χ3v) is 2.83. The second kappa shape index (κ2) is 4.79. The average Bonchev–Trinajstić information content (AvgIpc) is 2.09. The molecule has 13 heavy (non-hydrogen) atoms. The summed E-state index contributed by atoms with van der Waals surface area (Å²) in [5.74, 6) is 0. The minimum Gasteiger partial charge on any atom is -0.375 e. The van der Waals surface area contributed by atoms with Crippen LogP contribution in [0.1, 0.15) is 19.3 Å². The van der Waals surface area contributed by atoms with Gasteiger partial charge in [-0.1, -0.05) is 0 Å². The van der Waals surface area contributed by atoms with Crippen molar-refractivity contribution >= 4 is 11.8 Å². The molecular weight excluding hydrogens is 182 g/mol. The Morgan fingerprint density at radius 2 is 2.00 bits per heavy atom. The number of allylic oxidation sites excluding steroid dienone is 1. The van der Waals surface area contributed by atoms with Gasteiger partial charge >= 0.3 is 0 Å². The highest BCUT2D eigenvalue weighted by Crippen LogP contribution is 2.23. The Kier molecular flexibility index (Phi) is 3.67. The zero-order valence-corrected chi connectivity index (χ0v) is 8.32. The summed E-state index contributed by atoms with van der Waals surface area (Å²) in [6.45, 7) is 0. The van der Waals surface area contributed by atoms with E-state index in [1.54, 1.807) is 0 Å². The van der Waals surface area contributed by atoms with Crippen molar-refractivity contribution in [3.05, 3.63) is 10.6 Å². The van der Waals surface area contributed by atoms with Crippen molar-refractivity contribution in [3.8, 4) is 12.1 Å². The minimum atomic E-state index is 0.194. The Morgan fingerprint density at radius 3 is 2.31 bits per heavy atom. The van der Waals surface area contributed by atoms with Crippen molar-refractivity contribution in [2.45, 2.75) is 25.3 Å². The van der Waals surface area contributed by atoms with Crippen LogP contribution in [0.4, 0.5) is 0 Å². The molecule has 0 aliphatic heterocycles. The fraction of sp³-hybridized carbons (Fsp3) is 0.556. The zero-order chi connectivity index (χ0) is 9.68. The van der Waals surface area contributed by atoms with Crippen molar-refractivity contribution in [1.29, 1.82) is 10.5 Å². The van der Waals surface area contributed by atoms with E-state index in [4.69, 9.17) is 10.5 Å². The summed E-state index contributed by atoms with van der Waals surface area (Å²) in [7, 11) is 0. The zero-order valence-electron chi connectivity index (χ0n) is 7.50. The summed E-state index contributed by atoms with van der Waals surface area (Å²) in [5, 5.41) is 21.2. The Balaban J connectivity index is 2.65. The molecule has 4 heteroatoms. The van der Waals surface area contributed by atoms with Crippen LogP contribution < -0.4 is 5.32 Å². The Hall–Kier alpha value is -1.13. The van der Waals surface area contributed by atoms with E-state index in [1.807, 2.05) is 18.4 Å². The fourth-order valence-corrected chi connectivity index (χ4v) is 1.68. The van der Waals surface area contributed by atoms with E-state index < -0.39 is 0 Å². The molecule has 1 aliphatic carbocycles. The molecule has 1 N–H and O–H groups in total. The molecule has 68 valence electrons.